The van der Waals surface area contributed by atoms with E-state index in [1.807, 2.05) is 60.7 Å². The Labute approximate surface area is 294 Å². The largest absolute Gasteiger partial charge is 0.458 e. The molecule has 0 aliphatic rings. The third-order valence-corrected chi connectivity index (χ3v) is 10.2. The van der Waals surface area contributed by atoms with Gasteiger partial charge < -0.3 is 19.7 Å². The third-order valence-electron chi connectivity index (χ3n) is 7.85. The molecule has 0 spiro atoms. The second-order valence-electron chi connectivity index (χ2n) is 11.5. The summed E-state index contributed by atoms with van der Waals surface area (Å²) in [6.07, 6.45) is 4.88. The quantitative estimate of drug-likeness (QED) is 0.0410. The molecule has 0 fully saturated rings. The van der Waals surface area contributed by atoms with Gasteiger partial charge in [0, 0.05) is 0 Å². The number of ether oxygens (including phenoxy) is 3. The van der Waals surface area contributed by atoms with Crippen molar-refractivity contribution in [1.82, 2.24) is 0 Å². The van der Waals surface area contributed by atoms with Gasteiger partial charge in [0.15, 0.2) is 0 Å². The van der Waals surface area contributed by atoms with Gasteiger partial charge in [0.2, 0.25) is 6.79 Å². The van der Waals surface area contributed by atoms with Gasteiger partial charge in [-0.25, -0.2) is 4.79 Å². The fraction of sp³-hybridized carbons (Fsp3) is 0.220. The highest BCUT2D eigenvalue weighted by atomic mass is 32.0. The van der Waals surface area contributed by atoms with Crippen LogP contribution >= 0.6 is 16.7 Å². The van der Waals surface area contributed by atoms with Crippen molar-refractivity contribution in [2.24, 2.45) is 11.4 Å². The van der Waals surface area contributed by atoms with E-state index < -0.39 is 5.97 Å². The van der Waals surface area contributed by atoms with E-state index >= 15 is 0 Å². The molecule has 0 heterocycles. The average Bonchev–Trinajstić information content (AvgIpc) is 3.15. The minimum atomic E-state index is -0.438. The van der Waals surface area contributed by atoms with Crippen LogP contribution in [0.25, 0.3) is 22.3 Å². The van der Waals surface area contributed by atoms with E-state index in [9.17, 15) is 4.79 Å². The summed E-state index contributed by atoms with van der Waals surface area (Å²) >= 11 is 0. The van der Waals surface area contributed by atoms with E-state index in [2.05, 4.69) is 51.1 Å². The Morgan fingerprint density at radius 2 is 1.18 bits per heavy atom. The summed E-state index contributed by atoms with van der Waals surface area (Å²) < 4.78 is 17.0. The Morgan fingerprint density at radius 3 is 1.63 bits per heavy atom. The first-order valence-corrected chi connectivity index (χ1v) is 19.8. The van der Waals surface area contributed by atoms with Crippen LogP contribution in [0.2, 0.25) is 0 Å². The fourth-order valence-corrected chi connectivity index (χ4v) is 6.37. The first-order valence-electron chi connectivity index (χ1n) is 16.5. The van der Waals surface area contributed by atoms with Crippen molar-refractivity contribution in [2.45, 2.75) is 40.0 Å². The lowest BCUT2D eigenvalue weighted by Gasteiger charge is -2.10. The second kappa shape index (κ2) is 20.1. The van der Waals surface area contributed by atoms with Crippen LogP contribution < -0.4 is 19.7 Å². The Hall–Kier alpha value is -4.52. The molecule has 2 N–H and O–H groups in total. The van der Waals surface area contributed by atoms with Crippen LogP contribution in [-0.4, -0.2) is 18.9 Å². The fourth-order valence-electron chi connectivity index (χ4n) is 4.79. The molecule has 0 saturated heterocycles. The van der Waals surface area contributed by atoms with Crippen molar-refractivity contribution >= 4 is 22.7 Å². The van der Waals surface area contributed by atoms with Gasteiger partial charge >= 0.3 is 5.97 Å². The lowest BCUT2D eigenvalue weighted by molar-refractivity contribution is 0.0734. The van der Waals surface area contributed by atoms with Crippen molar-refractivity contribution in [3.63, 3.8) is 0 Å². The number of nitriles is 1. The van der Waals surface area contributed by atoms with Crippen molar-refractivity contribution in [3.8, 4) is 45.6 Å². The van der Waals surface area contributed by atoms with Crippen molar-refractivity contribution in [2.75, 3.05) is 13.0 Å². The zero-order valence-corrected chi connectivity index (χ0v) is 30.3. The Bertz CT molecular complexity index is 1750. The molecule has 49 heavy (non-hydrogen) atoms. The zero-order chi connectivity index (χ0) is 34.8. The topological polar surface area (TPSA) is 94.6 Å². The lowest BCUT2D eigenvalue weighted by Crippen LogP contribution is -2.09. The van der Waals surface area contributed by atoms with E-state index in [1.165, 1.54) is 24.6 Å². The number of nitrogens with zero attached hydrogens (tertiary/aromatic N) is 1. The first kappa shape index (κ1) is 37.3. The maximum absolute atomic E-state index is 12.7. The molecule has 0 aliphatic heterocycles. The highest BCUT2D eigenvalue weighted by Crippen LogP contribution is 2.29. The molecular formula is C41H44N2O4P2. The van der Waals surface area contributed by atoms with Gasteiger partial charge in [-0.2, -0.15) is 5.26 Å². The van der Waals surface area contributed by atoms with Gasteiger partial charge in [-0.1, -0.05) is 103 Å². The molecule has 5 aromatic rings. The van der Waals surface area contributed by atoms with E-state index in [-0.39, 0.29) is 6.79 Å². The smallest absolute Gasteiger partial charge is 0.343 e. The molecule has 8 heteroatoms. The highest BCUT2D eigenvalue weighted by Gasteiger charge is 2.10. The summed E-state index contributed by atoms with van der Waals surface area (Å²) in [5, 5.41) is 8.96. The minimum absolute atomic E-state index is 0.0208. The summed E-state index contributed by atoms with van der Waals surface area (Å²) in [6.45, 7) is 6.70. The van der Waals surface area contributed by atoms with Gasteiger partial charge in [-0.15, -0.1) is 0 Å². The van der Waals surface area contributed by atoms with Crippen LogP contribution in [0.5, 0.6) is 17.2 Å². The zero-order valence-electron chi connectivity index (χ0n) is 28.3. The van der Waals surface area contributed by atoms with Gasteiger partial charge in [-0.05, 0) is 115 Å². The van der Waals surface area contributed by atoms with Crippen LogP contribution in [0.15, 0.2) is 121 Å². The summed E-state index contributed by atoms with van der Waals surface area (Å²) in [5.74, 6) is 1.97. The number of benzene rings is 5. The Balaban J connectivity index is 0.000000827. The van der Waals surface area contributed by atoms with E-state index in [1.54, 1.807) is 36.4 Å². The molecule has 3 atom stereocenters. The number of esters is 1. The monoisotopic (exact) mass is 690 g/mol. The van der Waals surface area contributed by atoms with Crippen molar-refractivity contribution < 1.29 is 19.0 Å². The van der Waals surface area contributed by atoms with Crippen LogP contribution in [0.4, 0.5) is 0 Å². The number of hydrogen-bond acceptors (Lipinski definition) is 6. The molecule has 0 radical (unpaired) electrons. The summed E-state index contributed by atoms with van der Waals surface area (Å²) in [4.78, 5) is 12.7. The number of hydrogen-bond donors (Lipinski definition) is 1. The van der Waals surface area contributed by atoms with Crippen LogP contribution in [0.1, 0.15) is 55.1 Å². The summed E-state index contributed by atoms with van der Waals surface area (Å²) in [6, 6.07) is 40.2. The molecular weight excluding hydrogens is 646 g/mol. The molecule has 0 amide bonds. The maximum atomic E-state index is 12.7. The predicted molar refractivity (Wildman–Crippen MR) is 205 cm³/mol. The summed E-state index contributed by atoms with van der Waals surface area (Å²) in [7, 11) is 1.71. The molecule has 6 nitrogen and oxygen atoms in total. The molecule has 0 aromatic heterocycles. The average molecular weight is 691 g/mol. The lowest BCUT2D eigenvalue weighted by atomic mass is 9.97. The van der Waals surface area contributed by atoms with Crippen LogP contribution in [-0.2, 0) is 6.42 Å². The van der Waals surface area contributed by atoms with Crippen LogP contribution in [0.3, 0.4) is 0 Å². The SMILES string of the molecule is CCC(C)Cc1ccc(-c2ccc(OC(=O)c3ccc(OCOc4ccc(-c5ccc(C#N)cc5)cc4)cc3)cc2)cc1.CCCPPN. The Morgan fingerprint density at radius 1 is 0.714 bits per heavy atom. The van der Waals surface area contributed by atoms with Gasteiger partial charge in [-0.3, -0.25) is 0 Å². The molecule has 5 aromatic carbocycles. The van der Waals surface area contributed by atoms with Gasteiger partial charge in [0.1, 0.15) is 17.2 Å². The molecule has 252 valence electrons. The number of carbonyl (C=O) groups excluding carboxylic acids is 1. The first-order chi connectivity index (χ1) is 23.9. The van der Waals surface area contributed by atoms with E-state index in [4.69, 9.17) is 25.0 Å². The normalized spacial score (nSPS) is 11.5. The highest BCUT2D eigenvalue weighted by molar-refractivity contribution is 8.10. The third kappa shape index (κ3) is 12.1. The minimum Gasteiger partial charge on any atom is -0.458 e. The standard InChI is InChI=1S/C38H33NO4.C3H11NP2/c1-3-27(2)24-28-4-8-30(9-5-28)33-14-22-37(23-15-33)43-38(40)34-16-20-36(21-17-34)42-26-41-35-18-12-32(13-19-35)31-10-6-29(25-39)7-11-31;1-2-3-5-6-4/h4-23,27H,3,24,26H2,1-2H3;5-6H,2-4H2,1H3. The van der Waals surface area contributed by atoms with E-state index in [0.29, 0.717) is 42.7 Å². The molecule has 0 saturated carbocycles. The molecule has 5 rings (SSSR count). The number of nitrogens with two attached hydrogens (primary N) is 1. The van der Waals surface area contributed by atoms with Crippen molar-refractivity contribution in [3.05, 3.63) is 138 Å². The van der Waals surface area contributed by atoms with Crippen LogP contribution in [0, 0.1) is 17.2 Å². The van der Waals surface area contributed by atoms with Gasteiger partial charge in [0.05, 0.1) is 17.2 Å². The number of rotatable bonds is 14. The predicted octanol–water partition coefficient (Wildman–Crippen LogP) is 10.7. The molecule has 3 unspecified atom stereocenters. The van der Waals surface area contributed by atoms with Crippen molar-refractivity contribution in [1.29, 1.82) is 5.26 Å². The molecule has 0 bridgehead atoms. The van der Waals surface area contributed by atoms with E-state index in [0.717, 1.165) is 36.9 Å². The Kier molecular flexibility index (Phi) is 15.3. The maximum Gasteiger partial charge on any atom is 0.343 e. The van der Waals surface area contributed by atoms with Gasteiger partial charge in [0.25, 0.3) is 0 Å². The summed E-state index contributed by atoms with van der Waals surface area (Å²) in [5.41, 5.74) is 11.9. The second-order valence-corrected chi connectivity index (χ2v) is 14.6. The number of carbonyl (C=O) groups is 1. The molecule has 0 aliphatic carbocycles.